The largest absolute Gasteiger partial charge is 0.392 e. The molecule has 0 saturated carbocycles. The number of hydrogen-bond donors (Lipinski definition) is 1. The molecule has 0 bridgehead atoms. The highest BCUT2D eigenvalue weighted by molar-refractivity contribution is 8.69. The molecular formula is C48H101O7P3S6. The first-order valence-corrected chi connectivity index (χ1v) is 38.4. The van der Waals surface area contributed by atoms with E-state index in [1.54, 1.807) is 22.8 Å². The molecule has 0 aromatic rings. The molecule has 0 heterocycles. The highest BCUT2D eigenvalue weighted by Gasteiger charge is 2.33. The molecule has 0 aliphatic rings. The lowest BCUT2D eigenvalue weighted by Gasteiger charge is -2.32. The Bertz CT molecular complexity index is 1120. The lowest BCUT2D eigenvalue weighted by molar-refractivity contribution is 0.184. The van der Waals surface area contributed by atoms with Crippen molar-refractivity contribution in [1.82, 2.24) is 0 Å². The zero-order valence-corrected chi connectivity index (χ0v) is 50.5. The first-order valence-electron chi connectivity index (χ1n) is 25.9. The van der Waals surface area contributed by atoms with Crippen molar-refractivity contribution in [3.05, 3.63) is 0 Å². The molecule has 0 aromatic heterocycles. The Kier molecular flexibility index (Phi) is 44.0. The van der Waals surface area contributed by atoms with E-state index in [0.717, 1.165) is 44.9 Å². The zero-order valence-electron chi connectivity index (χ0n) is 42.9. The highest BCUT2D eigenvalue weighted by Crippen LogP contribution is 2.68. The van der Waals surface area contributed by atoms with Crippen LogP contribution in [0.5, 0.6) is 0 Å². The van der Waals surface area contributed by atoms with E-state index in [-0.39, 0.29) is 34.9 Å². The van der Waals surface area contributed by atoms with Gasteiger partial charge in [-0.15, -0.1) is 0 Å². The van der Waals surface area contributed by atoms with Crippen LogP contribution in [0.15, 0.2) is 0 Å². The fraction of sp³-hybridized carbons (Fsp3) is 1.00. The standard InChI is InChI=1S/C48H101O7P3S6/c1-12-15-18-21-24-27-30-33-36-46(49)41-62-56(59,50-39-47(37-34-31-28-25-22-19-16-13-2)63-57(60,52-42(4)5)53-43(6)7)51-40-48(38-35-32-29-26-23-20-17-14-3)64-58(61,54-44(8)9)55-45(10)11/h42-49H,12-41H2,1-11H3. The average Bonchev–Trinajstić information content (AvgIpc) is 3.19. The van der Waals surface area contributed by atoms with Crippen LogP contribution in [-0.4, -0.2) is 65.1 Å². The second kappa shape index (κ2) is 42.2. The molecule has 64 heavy (non-hydrogen) atoms. The maximum absolute atomic E-state index is 11.3. The van der Waals surface area contributed by atoms with Crippen LogP contribution < -0.4 is 0 Å². The van der Waals surface area contributed by atoms with Gasteiger partial charge in [0, 0.05) is 16.3 Å². The minimum absolute atomic E-state index is 0.0322. The van der Waals surface area contributed by atoms with Crippen LogP contribution in [0.25, 0.3) is 0 Å². The number of unbranched alkanes of at least 4 members (excludes halogenated alkanes) is 21. The average molecular weight is 1080 g/mol. The van der Waals surface area contributed by atoms with Crippen molar-refractivity contribution in [1.29, 1.82) is 0 Å². The summed E-state index contributed by atoms with van der Waals surface area (Å²) < 4.78 is 39.4. The van der Waals surface area contributed by atoms with Crippen molar-refractivity contribution < 1.29 is 32.2 Å². The van der Waals surface area contributed by atoms with Gasteiger partial charge in [0.25, 0.3) is 0 Å². The second-order valence-corrected chi connectivity index (χ2v) is 37.9. The molecule has 16 heteroatoms. The Morgan fingerprint density at radius 1 is 0.391 bits per heavy atom. The van der Waals surface area contributed by atoms with Gasteiger partial charge in [0.05, 0.1) is 43.7 Å². The lowest BCUT2D eigenvalue weighted by atomic mass is 10.1. The number of aliphatic hydroxyl groups excluding tert-OH is 1. The van der Waals surface area contributed by atoms with Gasteiger partial charge >= 0.3 is 0 Å². The fourth-order valence-electron chi connectivity index (χ4n) is 7.13. The van der Waals surface area contributed by atoms with Crippen LogP contribution in [0.3, 0.4) is 0 Å². The van der Waals surface area contributed by atoms with Gasteiger partial charge in [-0.25, -0.2) is 0 Å². The van der Waals surface area contributed by atoms with Gasteiger partial charge in [0.1, 0.15) is 0 Å². The Hall–Kier alpha value is 2.72. The van der Waals surface area contributed by atoms with Crippen molar-refractivity contribution in [3.63, 3.8) is 0 Å². The fourth-order valence-corrected chi connectivity index (χ4v) is 25.6. The van der Waals surface area contributed by atoms with Gasteiger partial charge in [0.15, 0.2) is 0 Å². The summed E-state index contributed by atoms with van der Waals surface area (Å²) in [5, 5.41) is 11.4. The van der Waals surface area contributed by atoms with Crippen LogP contribution in [0.1, 0.15) is 250 Å². The third kappa shape index (κ3) is 40.3. The Morgan fingerprint density at radius 2 is 0.656 bits per heavy atom. The van der Waals surface area contributed by atoms with Crippen molar-refractivity contribution in [2.24, 2.45) is 0 Å². The smallest absolute Gasteiger partial charge is 0.248 e. The maximum atomic E-state index is 11.3. The van der Waals surface area contributed by atoms with Gasteiger partial charge in [-0.05, 0) is 110 Å². The monoisotopic (exact) mass is 1070 g/mol. The van der Waals surface area contributed by atoms with Crippen molar-refractivity contribution in [2.45, 2.75) is 291 Å². The highest BCUT2D eigenvalue weighted by atomic mass is 32.9. The van der Waals surface area contributed by atoms with Crippen molar-refractivity contribution in [3.8, 4) is 0 Å². The van der Waals surface area contributed by atoms with Crippen molar-refractivity contribution in [2.75, 3.05) is 19.0 Å². The van der Waals surface area contributed by atoms with Gasteiger partial charge in [-0.1, -0.05) is 209 Å². The predicted octanol–water partition coefficient (Wildman–Crippen LogP) is 19.3. The summed E-state index contributed by atoms with van der Waals surface area (Å²) in [6.07, 6.45) is 31.8. The molecule has 1 N–H and O–H groups in total. The van der Waals surface area contributed by atoms with E-state index in [2.05, 4.69) is 20.8 Å². The quantitative estimate of drug-likeness (QED) is 0.0465. The Balaban J connectivity index is 6.39. The van der Waals surface area contributed by atoms with E-state index < -0.39 is 23.2 Å². The summed E-state index contributed by atoms with van der Waals surface area (Å²) in [4.78, 5) is 0. The summed E-state index contributed by atoms with van der Waals surface area (Å²) >= 11 is 23.7. The molecule has 0 fully saturated rings. The first-order chi connectivity index (χ1) is 30.4. The summed E-state index contributed by atoms with van der Waals surface area (Å²) in [7, 11) is 0. The van der Waals surface area contributed by atoms with Crippen LogP contribution in [0.4, 0.5) is 0 Å². The molecule has 0 aliphatic heterocycles. The Labute approximate surface area is 425 Å². The maximum Gasteiger partial charge on any atom is 0.248 e. The summed E-state index contributed by atoms with van der Waals surface area (Å²) in [6.45, 7) is 23.8. The molecule has 0 amide bonds. The van der Waals surface area contributed by atoms with E-state index >= 15 is 0 Å². The first kappa shape index (κ1) is 66.7. The summed E-state index contributed by atoms with van der Waals surface area (Å²) in [5.41, 5.74) is -8.32. The van der Waals surface area contributed by atoms with Crippen molar-refractivity contribution >= 4 is 86.6 Å². The topological polar surface area (TPSA) is 75.6 Å². The molecule has 0 rings (SSSR count). The van der Waals surface area contributed by atoms with E-state index in [9.17, 15) is 5.11 Å². The molecule has 0 aliphatic carbocycles. The normalized spacial score (nSPS) is 15.2. The number of rotatable bonds is 48. The molecule has 0 aromatic carbocycles. The van der Waals surface area contributed by atoms with Crippen LogP contribution in [-0.2, 0) is 62.6 Å². The molecule has 0 spiro atoms. The summed E-state index contributed by atoms with van der Waals surface area (Å²) in [6, 6.07) is 0. The van der Waals surface area contributed by atoms with Gasteiger partial charge in [-0.2, -0.15) is 0 Å². The van der Waals surface area contributed by atoms with Crippen LogP contribution >= 0.6 is 51.2 Å². The third-order valence-electron chi connectivity index (χ3n) is 10.3. The molecule has 0 saturated heterocycles. The van der Waals surface area contributed by atoms with Gasteiger partial charge in [0.2, 0.25) is 17.1 Å². The Morgan fingerprint density at radius 3 is 0.938 bits per heavy atom. The second-order valence-electron chi connectivity index (χ2n) is 18.7. The molecule has 3 atom stereocenters. The molecular weight excluding hydrogens is 974 g/mol. The zero-order chi connectivity index (χ0) is 48.1. The van der Waals surface area contributed by atoms with Gasteiger partial charge < -0.3 is 32.2 Å². The molecule has 0 radical (unpaired) electrons. The van der Waals surface area contributed by atoms with E-state index in [1.807, 2.05) is 55.4 Å². The predicted molar refractivity (Wildman–Crippen MR) is 303 cm³/mol. The van der Waals surface area contributed by atoms with Crippen LogP contribution in [0, 0.1) is 0 Å². The molecule has 3 unspecified atom stereocenters. The number of hydrogen-bond acceptors (Lipinski definition) is 13. The lowest BCUT2D eigenvalue weighted by Crippen LogP contribution is -2.17. The molecule has 7 nitrogen and oxygen atoms in total. The van der Waals surface area contributed by atoms with E-state index in [4.69, 9.17) is 62.6 Å². The van der Waals surface area contributed by atoms with Gasteiger partial charge in [-0.3, -0.25) is 0 Å². The minimum atomic E-state index is -2.95. The van der Waals surface area contributed by atoms with E-state index in [1.165, 1.54) is 140 Å². The van der Waals surface area contributed by atoms with E-state index in [0.29, 0.717) is 19.0 Å². The molecule has 386 valence electrons. The number of aliphatic hydroxyl groups is 1. The minimum Gasteiger partial charge on any atom is -0.392 e. The van der Waals surface area contributed by atoms with Crippen LogP contribution in [0.2, 0.25) is 0 Å². The SMILES string of the molecule is CCCCCCCCCCC(O)CSP(=S)(OCC(CCCCCCCCCC)SP(=S)(OC(C)C)OC(C)C)OCC(CCCCCCCCCC)SP(=S)(OC(C)C)OC(C)C. The third-order valence-corrected chi connectivity index (χ3v) is 27.2. The summed E-state index contributed by atoms with van der Waals surface area (Å²) in [5.74, 6) is 0.481.